The van der Waals surface area contributed by atoms with Crippen molar-refractivity contribution >= 4 is 5.95 Å². The van der Waals surface area contributed by atoms with E-state index in [1.165, 1.54) is 18.4 Å². The van der Waals surface area contributed by atoms with E-state index < -0.39 is 0 Å². The number of hydrogen-bond acceptors (Lipinski definition) is 4. The van der Waals surface area contributed by atoms with E-state index in [1.807, 2.05) is 7.05 Å². The first-order valence-electron chi connectivity index (χ1n) is 7.65. The summed E-state index contributed by atoms with van der Waals surface area (Å²) in [6.07, 6.45) is 2.49. The minimum absolute atomic E-state index is 0.685. The summed E-state index contributed by atoms with van der Waals surface area (Å²) in [6, 6.07) is 8.36. The molecular weight excluding hydrogens is 262 g/mol. The highest BCUT2D eigenvalue weighted by molar-refractivity contribution is 5.56. The lowest BCUT2D eigenvalue weighted by Gasteiger charge is -2.31. The molecule has 0 aliphatic carbocycles. The maximum atomic E-state index is 4.67. The van der Waals surface area contributed by atoms with Gasteiger partial charge < -0.3 is 10.2 Å². The number of nitrogens with zero attached hydrogens (tertiary/aromatic N) is 3. The third-order valence-corrected chi connectivity index (χ3v) is 4.09. The van der Waals surface area contributed by atoms with Gasteiger partial charge in [-0.15, -0.1) is 5.10 Å². The first-order chi connectivity index (χ1) is 10.3. The largest absolute Gasteiger partial charge is 0.339 e. The minimum Gasteiger partial charge on any atom is -0.339 e. The third-order valence-electron chi connectivity index (χ3n) is 4.09. The van der Waals surface area contributed by atoms with Gasteiger partial charge in [-0.25, -0.2) is 0 Å². The molecule has 0 spiro atoms. The van der Waals surface area contributed by atoms with Crippen LogP contribution in [0.5, 0.6) is 0 Å². The van der Waals surface area contributed by atoms with Crippen molar-refractivity contribution in [3.8, 4) is 11.4 Å². The molecule has 1 unspecified atom stereocenters. The van der Waals surface area contributed by atoms with Crippen LogP contribution in [0.1, 0.15) is 18.4 Å². The van der Waals surface area contributed by atoms with Gasteiger partial charge in [-0.1, -0.05) is 29.8 Å². The van der Waals surface area contributed by atoms with Crippen LogP contribution in [0, 0.1) is 12.8 Å². The second-order valence-electron chi connectivity index (χ2n) is 5.86. The average molecular weight is 285 g/mol. The van der Waals surface area contributed by atoms with Crippen LogP contribution < -0.4 is 10.2 Å². The second kappa shape index (κ2) is 6.26. The van der Waals surface area contributed by atoms with Crippen molar-refractivity contribution < 1.29 is 0 Å². The fourth-order valence-corrected chi connectivity index (χ4v) is 2.94. The van der Waals surface area contributed by atoms with Crippen LogP contribution in [-0.2, 0) is 0 Å². The summed E-state index contributed by atoms with van der Waals surface area (Å²) in [5.74, 6) is 2.36. The summed E-state index contributed by atoms with van der Waals surface area (Å²) in [5, 5.41) is 10.7. The zero-order chi connectivity index (χ0) is 14.7. The van der Waals surface area contributed by atoms with Gasteiger partial charge in [0.25, 0.3) is 0 Å². The van der Waals surface area contributed by atoms with E-state index in [2.05, 4.69) is 56.6 Å². The number of benzene rings is 1. The van der Waals surface area contributed by atoms with Gasteiger partial charge in [0, 0.05) is 18.7 Å². The lowest BCUT2D eigenvalue weighted by Crippen LogP contribution is -2.39. The smallest absolute Gasteiger partial charge is 0.245 e. The number of aromatic nitrogens is 3. The number of hydrogen-bond donors (Lipinski definition) is 2. The molecule has 0 amide bonds. The van der Waals surface area contributed by atoms with Gasteiger partial charge in [0.05, 0.1) is 0 Å². The normalized spacial score (nSPS) is 19.0. The van der Waals surface area contributed by atoms with Crippen LogP contribution in [0.25, 0.3) is 11.4 Å². The van der Waals surface area contributed by atoms with E-state index in [1.54, 1.807) is 0 Å². The Morgan fingerprint density at radius 2 is 2.14 bits per heavy atom. The molecule has 0 radical (unpaired) electrons. The molecule has 1 aromatic carbocycles. The molecule has 2 heterocycles. The molecule has 1 aromatic heterocycles. The van der Waals surface area contributed by atoms with E-state index in [4.69, 9.17) is 0 Å². The molecule has 0 saturated carbocycles. The maximum absolute atomic E-state index is 4.67. The number of nitrogens with one attached hydrogen (secondary N) is 2. The van der Waals surface area contributed by atoms with Crippen molar-refractivity contribution in [1.29, 1.82) is 0 Å². The lowest BCUT2D eigenvalue weighted by atomic mass is 9.98. The molecule has 2 aromatic rings. The van der Waals surface area contributed by atoms with Crippen LogP contribution in [0.3, 0.4) is 0 Å². The predicted octanol–water partition coefficient (Wildman–Crippen LogP) is 2.22. The highest BCUT2D eigenvalue weighted by atomic mass is 15.4. The van der Waals surface area contributed by atoms with Crippen LogP contribution in [0.2, 0.25) is 0 Å². The van der Waals surface area contributed by atoms with Crippen LogP contribution in [0.15, 0.2) is 24.3 Å². The molecule has 0 bridgehead atoms. The predicted molar refractivity (Wildman–Crippen MR) is 85.4 cm³/mol. The Hall–Kier alpha value is -1.88. The van der Waals surface area contributed by atoms with Gasteiger partial charge in [-0.2, -0.15) is 4.98 Å². The van der Waals surface area contributed by atoms with E-state index in [-0.39, 0.29) is 0 Å². The van der Waals surface area contributed by atoms with Crippen molar-refractivity contribution in [3.05, 3.63) is 29.8 Å². The zero-order valence-electron chi connectivity index (χ0n) is 12.8. The van der Waals surface area contributed by atoms with E-state index in [0.717, 1.165) is 37.0 Å². The highest BCUT2D eigenvalue weighted by Crippen LogP contribution is 2.22. The van der Waals surface area contributed by atoms with Gasteiger partial charge in [-0.05, 0) is 39.3 Å². The minimum atomic E-state index is 0.685. The van der Waals surface area contributed by atoms with Crippen molar-refractivity contribution in [2.24, 2.45) is 5.92 Å². The van der Waals surface area contributed by atoms with Crippen LogP contribution in [0.4, 0.5) is 5.95 Å². The Morgan fingerprint density at radius 3 is 2.90 bits per heavy atom. The number of aryl methyl sites for hydroxylation is 1. The third kappa shape index (κ3) is 3.24. The molecule has 1 atom stereocenters. The second-order valence-corrected chi connectivity index (χ2v) is 5.86. The van der Waals surface area contributed by atoms with E-state index in [0.29, 0.717) is 5.92 Å². The molecule has 1 aliphatic rings. The Morgan fingerprint density at radius 1 is 1.33 bits per heavy atom. The summed E-state index contributed by atoms with van der Waals surface area (Å²) in [5.41, 5.74) is 2.34. The molecule has 5 heteroatoms. The molecule has 5 nitrogen and oxygen atoms in total. The van der Waals surface area contributed by atoms with Gasteiger partial charge in [0.2, 0.25) is 5.95 Å². The first kappa shape index (κ1) is 14.1. The number of piperidine rings is 1. The van der Waals surface area contributed by atoms with Crippen LogP contribution >= 0.6 is 0 Å². The van der Waals surface area contributed by atoms with Gasteiger partial charge in [0.1, 0.15) is 0 Å². The van der Waals surface area contributed by atoms with Crippen LogP contribution in [-0.4, -0.2) is 41.9 Å². The summed E-state index contributed by atoms with van der Waals surface area (Å²) in [4.78, 5) is 6.96. The fourth-order valence-electron chi connectivity index (χ4n) is 2.94. The number of rotatable bonds is 4. The molecule has 2 N–H and O–H groups in total. The molecule has 1 aliphatic heterocycles. The van der Waals surface area contributed by atoms with Crippen molar-refractivity contribution in [1.82, 2.24) is 20.5 Å². The summed E-state index contributed by atoms with van der Waals surface area (Å²) >= 11 is 0. The molecule has 112 valence electrons. The number of anilines is 1. The maximum Gasteiger partial charge on any atom is 0.245 e. The molecule has 3 rings (SSSR count). The van der Waals surface area contributed by atoms with Crippen molar-refractivity contribution in [3.63, 3.8) is 0 Å². The van der Waals surface area contributed by atoms with Gasteiger partial charge >= 0.3 is 0 Å². The standard InChI is InChI=1S/C16H23N5/c1-12-5-7-14(8-6-12)15-18-16(20-19-15)21-9-3-4-13(11-21)10-17-2/h5-8,13,17H,3-4,9-11H2,1-2H3,(H,18,19,20). The van der Waals surface area contributed by atoms with Gasteiger partial charge in [0.15, 0.2) is 5.82 Å². The highest BCUT2D eigenvalue weighted by Gasteiger charge is 2.22. The SMILES string of the molecule is CNCC1CCCN(c2n[nH]c(-c3ccc(C)cc3)n2)C1. The molecular formula is C16H23N5. The Balaban J connectivity index is 1.73. The molecule has 1 fully saturated rings. The van der Waals surface area contributed by atoms with Crippen molar-refractivity contribution in [2.45, 2.75) is 19.8 Å². The van der Waals surface area contributed by atoms with Gasteiger partial charge in [-0.3, -0.25) is 5.10 Å². The summed E-state index contributed by atoms with van der Waals surface area (Å²) in [6.45, 7) is 5.23. The average Bonchev–Trinajstić information content (AvgIpc) is 2.98. The zero-order valence-corrected chi connectivity index (χ0v) is 12.8. The Bertz CT molecular complexity index is 573. The topological polar surface area (TPSA) is 56.8 Å². The molecule has 21 heavy (non-hydrogen) atoms. The first-order valence-corrected chi connectivity index (χ1v) is 7.65. The summed E-state index contributed by atoms with van der Waals surface area (Å²) in [7, 11) is 2.02. The lowest BCUT2D eigenvalue weighted by molar-refractivity contribution is 0.399. The summed E-state index contributed by atoms with van der Waals surface area (Å²) < 4.78 is 0. The van der Waals surface area contributed by atoms with E-state index in [9.17, 15) is 0 Å². The molecule has 1 saturated heterocycles. The Kier molecular flexibility index (Phi) is 4.20. The fraction of sp³-hybridized carbons (Fsp3) is 0.500. The monoisotopic (exact) mass is 285 g/mol. The quantitative estimate of drug-likeness (QED) is 0.904. The Labute approximate surface area is 125 Å². The van der Waals surface area contributed by atoms with Crippen molar-refractivity contribution in [2.75, 3.05) is 31.6 Å². The van der Waals surface area contributed by atoms with E-state index >= 15 is 0 Å². The number of aromatic amines is 1. The number of H-pyrrole nitrogens is 1.